The lowest BCUT2D eigenvalue weighted by molar-refractivity contribution is -0.132. The van der Waals surface area contributed by atoms with Crippen LogP contribution in [0, 0.1) is 0 Å². The lowest BCUT2D eigenvalue weighted by atomic mass is 9.68. The van der Waals surface area contributed by atoms with Gasteiger partial charge in [-0.1, -0.05) is 18.2 Å². The van der Waals surface area contributed by atoms with Crippen LogP contribution in [0.2, 0.25) is 0 Å². The standard InChI is InChI=1S/C15H23NO2/c1-11(2)13(17)16(4)14(3)8-12-6-5-7-15(18,9-12)10-14/h8,18H,1,5-7,9-10H2,2-4H3. The molecule has 0 aromatic heterocycles. The second kappa shape index (κ2) is 4.23. The molecule has 18 heavy (non-hydrogen) atoms. The number of nitrogens with zero attached hydrogens (tertiary/aromatic N) is 1. The molecule has 2 rings (SSSR count). The van der Waals surface area contributed by atoms with Crippen LogP contribution in [0.15, 0.2) is 23.8 Å². The Kier molecular flexibility index (Phi) is 3.14. The number of rotatable bonds is 2. The number of carbonyl (C=O) groups is 1. The smallest absolute Gasteiger partial charge is 0.249 e. The lowest BCUT2D eigenvalue weighted by Gasteiger charge is -2.49. The van der Waals surface area contributed by atoms with Gasteiger partial charge in [0.2, 0.25) is 5.91 Å². The molecule has 0 aromatic rings. The average Bonchev–Trinajstić information content (AvgIpc) is 2.24. The third kappa shape index (κ3) is 2.24. The first kappa shape index (κ1) is 13.3. The van der Waals surface area contributed by atoms with E-state index in [-0.39, 0.29) is 5.91 Å². The van der Waals surface area contributed by atoms with Gasteiger partial charge in [0.25, 0.3) is 0 Å². The van der Waals surface area contributed by atoms with E-state index in [1.807, 2.05) is 6.92 Å². The summed E-state index contributed by atoms with van der Waals surface area (Å²) in [6, 6.07) is 0. The van der Waals surface area contributed by atoms with Crippen molar-refractivity contribution >= 4 is 5.91 Å². The van der Waals surface area contributed by atoms with E-state index < -0.39 is 11.1 Å². The van der Waals surface area contributed by atoms with Gasteiger partial charge in [-0.2, -0.15) is 0 Å². The first-order valence-corrected chi connectivity index (χ1v) is 6.62. The SMILES string of the molecule is C=C(C)C(=O)N(C)C1(C)C=C2CCCC(O)(C2)C1. The lowest BCUT2D eigenvalue weighted by Crippen LogP contribution is -2.54. The molecule has 0 radical (unpaired) electrons. The van der Waals surface area contributed by atoms with Crippen LogP contribution in [0.5, 0.6) is 0 Å². The molecule has 0 aromatic carbocycles. The molecule has 3 heteroatoms. The van der Waals surface area contributed by atoms with Crippen molar-refractivity contribution in [2.75, 3.05) is 7.05 Å². The Balaban J connectivity index is 2.31. The highest BCUT2D eigenvalue weighted by molar-refractivity contribution is 5.92. The summed E-state index contributed by atoms with van der Waals surface area (Å²) >= 11 is 0. The van der Waals surface area contributed by atoms with Crippen molar-refractivity contribution < 1.29 is 9.90 Å². The largest absolute Gasteiger partial charge is 0.389 e. The highest BCUT2D eigenvalue weighted by Crippen LogP contribution is 2.45. The third-order valence-corrected chi connectivity index (χ3v) is 4.33. The van der Waals surface area contributed by atoms with Gasteiger partial charge in [0, 0.05) is 19.0 Å². The van der Waals surface area contributed by atoms with Crippen LogP contribution >= 0.6 is 0 Å². The number of amides is 1. The van der Waals surface area contributed by atoms with Gasteiger partial charge in [0.15, 0.2) is 0 Å². The van der Waals surface area contributed by atoms with Gasteiger partial charge >= 0.3 is 0 Å². The number of carbonyl (C=O) groups excluding carboxylic acids is 1. The van der Waals surface area contributed by atoms with Crippen LogP contribution in [-0.2, 0) is 4.79 Å². The topological polar surface area (TPSA) is 40.5 Å². The van der Waals surface area contributed by atoms with E-state index in [1.165, 1.54) is 5.57 Å². The first-order chi connectivity index (χ1) is 8.26. The molecule has 1 amide bonds. The maximum Gasteiger partial charge on any atom is 0.249 e. The van der Waals surface area contributed by atoms with E-state index in [0.717, 1.165) is 25.7 Å². The summed E-state index contributed by atoms with van der Waals surface area (Å²) in [5.41, 5.74) is 0.818. The maximum absolute atomic E-state index is 12.1. The van der Waals surface area contributed by atoms with E-state index in [9.17, 15) is 9.90 Å². The second-order valence-electron chi connectivity index (χ2n) is 6.24. The Morgan fingerprint density at radius 2 is 2.22 bits per heavy atom. The van der Waals surface area contributed by atoms with Crippen LogP contribution in [-0.4, -0.2) is 34.1 Å². The van der Waals surface area contributed by atoms with Crippen molar-refractivity contribution in [3.63, 3.8) is 0 Å². The zero-order valence-electron chi connectivity index (χ0n) is 11.6. The van der Waals surface area contributed by atoms with Gasteiger partial charge < -0.3 is 10.0 Å². The average molecular weight is 249 g/mol. The van der Waals surface area contributed by atoms with Gasteiger partial charge in [-0.25, -0.2) is 0 Å². The zero-order valence-corrected chi connectivity index (χ0v) is 11.6. The Labute approximate surface area is 109 Å². The quantitative estimate of drug-likeness (QED) is 0.603. The Bertz CT molecular complexity index is 426. The molecule has 3 nitrogen and oxygen atoms in total. The maximum atomic E-state index is 12.1. The summed E-state index contributed by atoms with van der Waals surface area (Å²) in [5.74, 6) is -0.0436. The fraction of sp³-hybridized carbons (Fsp3) is 0.667. The minimum atomic E-state index is -0.624. The molecule has 1 fully saturated rings. The zero-order chi connectivity index (χ0) is 13.6. The normalized spacial score (nSPS) is 34.8. The van der Waals surface area contributed by atoms with E-state index in [1.54, 1.807) is 18.9 Å². The van der Waals surface area contributed by atoms with Crippen LogP contribution in [0.25, 0.3) is 0 Å². The number of aliphatic hydroxyl groups is 1. The molecule has 2 atom stereocenters. The van der Waals surface area contributed by atoms with Gasteiger partial charge in [0.1, 0.15) is 0 Å². The molecule has 0 spiro atoms. The Morgan fingerprint density at radius 1 is 1.56 bits per heavy atom. The molecule has 2 aliphatic carbocycles. The van der Waals surface area contributed by atoms with Crippen molar-refractivity contribution in [3.05, 3.63) is 23.8 Å². The van der Waals surface area contributed by atoms with Crippen LogP contribution in [0.4, 0.5) is 0 Å². The predicted molar refractivity (Wildman–Crippen MR) is 72.1 cm³/mol. The second-order valence-corrected chi connectivity index (χ2v) is 6.24. The summed E-state index contributed by atoms with van der Waals surface area (Å²) in [4.78, 5) is 13.8. The molecule has 0 saturated heterocycles. The molecular weight excluding hydrogens is 226 g/mol. The molecule has 0 heterocycles. The van der Waals surface area contributed by atoms with E-state index in [4.69, 9.17) is 0 Å². The Hall–Kier alpha value is -1.09. The van der Waals surface area contributed by atoms with Gasteiger partial charge in [-0.3, -0.25) is 4.79 Å². The molecule has 1 saturated carbocycles. The van der Waals surface area contributed by atoms with Crippen molar-refractivity contribution in [2.24, 2.45) is 0 Å². The monoisotopic (exact) mass is 249 g/mol. The third-order valence-electron chi connectivity index (χ3n) is 4.33. The van der Waals surface area contributed by atoms with Crippen molar-refractivity contribution in [2.45, 2.75) is 57.1 Å². The summed E-state index contributed by atoms with van der Waals surface area (Å²) in [7, 11) is 1.80. The predicted octanol–water partition coefficient (Wildman–Crippen LogP) is 2.41. The van der Waals surface area contributed by atoms with Gasteiger partial charge in [-0.15, -0.1) is 0 Å². The molecule has 2 bridgehead atoms. The highest BCUT2D eigenvalue weighted by atomic mass is 16.3. The fourth-order valence-corrected chi connectivity index (χ4v) is 3.41. The molecule has 0 aliphatic heterocycles. The van der Waals surface area contributed by atoms with Gasteiger partial charge in [-0.05, 0) is 39.5 Å². The molecule has 2 aliphatic rings. The van der Waals surface area contributed by atoms with E-state index >= 15 is 0 Å². The van der Waals surface area contributed by atoms with E-state index in [0.29, 0.717) is 12.0 Å². The number of likely N-dealkylation sites (N-methyl/N-ethyl adjacent to an activating group) is 1. The highest BCUT2D eigenvalue weighted by Gasteiger charge is 2.45. The van der Waals surface area contributed by atoms with Crippen molar-refractivity contribution in [3.8, 4) is 0 Å². The molecular formula is C15H23NO2. The van der Waals surface area contributed by atoms with Crippen molar-refractivity contribution in [1.82, 2.24) is 4.90 Å². The summed E-state index contributed by atoms with van der Waals surface area (Å²) in [5, 5.41) is 10.6. The Morgan fingerprint density at radius 3 is 2.78 bits per heavy atom. The minimum Gasteiger partial charge on any atom is -0.389 e. The van der Waals surface area contributed by atoms with Crippen LogP contribution < -0.4 is 0 Å². The van der Waals surface area contributed by atoms with E-state index in [2.05, 4.69) is 12.7 Å². The van der Waals surface area contributed by atoms with Gasteiger partial charge in [0.05, 0.1) is 11.1 Å². The summed E-state index contributed by atoms with van der Waals surface area (Å²) in [6.45, 7) is 7.48. The minimum absolute atomic E-state index is 0.0436. The van der Waals surface area contributed by atoms with Crippen molar-refractivity contribution in [1.29, 1.82) is 0 Å². The van der Waals surface area contributed by atoms with Crippen LogP contribution in [0.1, 0.15) is 46.0 Å². The molecule has 100 valence electrons. The summed E-state index contributed by atoms with van der Waals surface area (Å²) < 4.78 is 0. The molecule has 1 N–H and O–H groups in total. The van der Waals surface area contributed by atoms with Crippen LogP contribution in [0.3, 0.4) is 0 Å². The summed E-state index contributed by atoms with van der Waals surface area (Å²) in [6.07, 6.45) is 6.52. The number of hydrogen-bond donors (Lipinski definition) is 1. The number of hydrogen-bond acceptors (Lipinski definition) is 2. The number of fused-ring (bicyclic) bond motifs is 2. The fourth-order valence-electron chi connectivity index (χ4n) is 3.41. The first-order valence-electron chi connectivity index (χ1n) is 6.62. The molecule has 2 unspecified atom stereocenters.